The van der Waals surface area contributed by atoms with E-state index in [4.69, 9.17) is 5.26 Å². The van der Waals surface area contributed by atoms with Crippen LogP contribution in [0.25, 0.3) is 28.7 Å². The molecule has 7 heteroatoms. The minimum absolute atomic E-state index is 0.551. The largest absolute Gasteiger partial charge is 0.366 e. The van der Waals surface area contributed by atoms with Gasteiger partial charge in [-0.15, -0.1) is 11.3 Å². The number of benzene rings is 4. The second-order valence-electron chi connectivity index (χ2n) is 8.94. The van der Waals surface area contributed by atoms with E-state index in [0.29, 0.717) is 5.56 Å². The van der Waals surface area contributed by atoms with E-state index in [1.807, 2.05) is 54.6 Å². The predicted octanol–water partition coefficient (Wildman–Crippen LogP) is 9.10. The maximum atomic E-state index is 11.4. The van der Waals surface area contributed by atoms with Crippen LogP contribution in [0.1, 0.15) is 16.0 Å². The number of hydrogen-bond donors (Lipinski definition) is 2. The predicted molar refractivity (Wildman–Crippen MR) is 165 cm³/mol. The summed E-state index contributed by atoms with van der Waals surface area (Å²) >= 11 is 1.65. The molecule has 0 atom stereocenters. The maximum absolute atomic E-state index is 11.4. The molecule has 0 spiro atoms. The molecule has 0 radical (unpaired) electrons. The van der Waals surface area contributed by atoms with Crippen molar-refractivity contribution in [2.24, 2.45) is 0 Å². The lowest BCUT2D eigenvalue weighted by molar-refractivity contribution is 0.384. The Labute approximate surface area is 237 Å². The minimum Gasteiger partial charge on any atom is -0.321 e. The van der Waals surface area contributed by atoms with Gasteiger partial charge >= 0.3 is 7.60 Å². The quantitative estimate of drug-likeness (QED) is 0.146. The summed E-state index contributed by atoms with van der Waals surface area (Å²) in [7, 11) is -4.59. The zero-order valence-electron chi connectivity index (χ0n) is 21.3. The lowest BCUT2D eigenvalue weighted by Gasteiger charge is -2.25. The van der Waals surface area contributed by atoms with Crippen molar-refractivity contribution in [3.05, 3.63) is 143 Å². The van der Waals surface area contributed by atoms with Gasteiger partial charge in [0.1, 0.15) is 11.4 Å². The third-order valence-electron chi connectivity index (χ3n) is 6.17. The fourth-order valence-electron chi connectivity index (χ4n) is 4.19. The average molecular weight is 561 g/mol. The molecule has 2 N–H and O–H groups in total. The molecule has 0 saturated carbocycles. The van der Waals surface area contributed by atoms with E-state index in [2.05, 4.69) is 71.6 Å². The first-order chi connectivity index (χ1) is 19.4. The molecule has 0 aliphatic carbocycles. The Morgan fingerprint density at radius 3 is 1.80 bits per heavy atom. The Bertz CT molecular complexity index is 1690. The normalized spacial score (nSPS) is 11.9. The first-order valence-electron chi connectivity index (χ1n) is 12.5. The van der Waals surface area contributed by atoms with Gasteiger partial charge in [-0.05, 0) is 77.4 Å². The SMILES string of the molecule is N#C/C(=C\c1ccc(-c2ccc(/C=C/c3ccc(N(c4ccccc4)c4ccccc4)cc3)s2)cc1)P(=O)(O)O. The van der Waals surface area contributed by atoms with Gasteiger partial charge in [-0.1, -0.05) is 78.9 Å². The van der Waals surface area contributed by atoms with Crippen molar-refractivity contribution in [1.82, 2.24) is 0 Å². The van der Waals surface area contributed by atoms with Gasteiger partial charge in [-0.3, -0.25) is 4.57 Å². The minimum atomic E-state index is -4.59. The average Bonchev–Trinajstić information content (AvgIpc) is 3.46. The summed E-state index contributed by atoms with van der Waals surface area (Å²) in [4.78, 5) is 22.9. The van der Waals surface area contributed by atoms with Crippen LogP contribution in [0.4, 0.5) is 17.1 Å². The molecule has 5 aromatic rings. The van der Waals surface area contributed by atoms with E-state index in [1.54, 1.807) is 29.5 Å². The Balaban J connectivity index is 1.31. The monoisotopic (exact) mass is 560 g/mol. The molecule has 0 aliphatic heterocycles. The van der Waals surface area contributed by atoms with Crippen LogP contribution in [0.15, 0.2) is 127 Å². The van der Waals surface area contributed by atoms with E-state index in [9.17, 15) is 14.4 Å². The number of rotatable bonds is 8. The molecular formula is C33H25N2O3PS. The van der Waals surface area contributed by atoms with Gasteiger partial charge in [0.15, 0.2) is 0 Å². The Hall–Kier alpha value is -4.50. The van der Waals surface area contributed by atoms with Crippen molar-refractivity contribution in [1.29, 1.82) is 5.26 Å². The highest BCUT2D eigenvalue weighted by Crippen LogP contribution is 2.45. The summed E-state index contributed by atoms with van der Waals surface area (Å²) in [5, 5.41) is 8.45. The highest BCUT2D eigenvalue weighted by Gasteiger charge is 2.20. The van der Waals surface area contributed by atoms with Crippen molar-refractivity contribution in [3.8, 4) is 16.5 Å². The molecular weight excluding hydrogens is 535 g/mol. The number of nitriles is 1. The van der Waals surface area contributed by atoms with E-state index in [0.717, 1.165) is 37.9 Å². The van der Waals surface area contributed by atoms with Gasteiger partial charge in [0.2, 0.25) is 0 Å². The number of thiophene rings is 1. The third kappa shape index (κ3) is 6.55. The highest BCUT2D eigenvalue weighted by molar-refractivity contribution is 7.57. The molecule has 40 heavy (non-hydrogen) atoms. The first-order valence-corrected chi connectivity index (χ1v) is 14.9. The standard InChI is InChI=1S/C33H25N2O3PS/c34-24-31(39(36,37)38)23-26-11-16-27(17-12-26)33-22-21-32(40-33)20-15-25-13-18-30(19-14-25)35(28-7-3-1-4-8-28)29-9-5-2-6-10-29/h1-23H,(H2,36,37,38)/b20-15+,31-23+. The van der Waals surface area contributed by atoms with Gasteiger partial charge in [0.05, 0.1) is 0 Å². The van der Waals surface area contributed by atoms with Gasteiger partial charge in [0, 0.05) is 26.8 Å². The van der Waals surface area contributed by atoms with Crippen molar-refractivity contribution in [3.63, 3.8) is 0 Å². The number of anilines is 3. The van der Waals surface area contributed by atoms with Gasteiger partial charge < -0.3 is 14.7 Å². The molecule has 196 valence electrons. The smallest absolute Gasteiger partial charge is 0.321 e. The Morgan fingerprint density at radius 2 is 1.25 bits per heavy atom. The molecule has 1 aromatic heterocycles. The molecule has 0 saturated heterocycles. The molecule has 0 amide bonds. The van der Waals surface area contributed by atoms with Gasteiger partial charge in [-0.25, -0.2) is 0 Å². The molecule has 5 rings (SSSR count). The Morgan fingerprint density at radius 1 is 0.700 bits per heavy atom. The van der Waals surface area contributed by atoms with Gasteiger partial charge in [0.25, 0.3) is 0 Å². The van der Waals surface area contributed by atoms with Crippen molar-refractivity contribution in [2.45, 2.75) is 0 Å². The lowest BCUT2D eigenvalue weighted by Crippen LogP contribution is -2.09. The van der Waals surface area contributed by atoms with Crippen molar-refractivity contribution >= 4 is 54.2 Å². The summed E-state index contributed by atoms with van der Waals surface area (Å²) < 4.78 is 11.4. The fourth-order valence-corrected chi connectivity index (χ4v) is 5.56. The van der Waals surface area contributed by atoms with E-state index in [-0.39, 0.29) is 0 Å². The summed E-state index contributed by atoms with van der Waals surface area (Å²) in [5.74, 6) is 0. The molecule has 4 aromatic carbocycles. The van der Waals surface area contributed by atoms with Crippen LogP contribution in [0.2, 0.25) is 0 Å². The summed E-state index contributed by atoms with van der Waals surface area (Å²) in [6.45, 7) is 0. The van der Waals surface area contributed by atoms with Crippen LogP contribution in [-0.2, 0) is 4.57 Å². The van der Waals surface area contributed by atoms with Crippen molar-refractivity contribution in [2.75, 3.05) is 4.90 Å². The second kappa shape index (κ2) is 12.1. The number of nitrogens with zero attached hydrogens (tertiary/aromatic N) is 2. The third-order valence-corrected chi connectivity index (χ3v) is 8.13. The molecule has 0 unspecified atom stereocenters. The number of hydrogen-bond acceptors (Lipinski definition) is 4. The molecule has 0 aliphatic rings. The van der Waals surface area contributed by atoms with Crippen LogP contribution in [0.3, 0.4) is 0 Å². The molecule has 0 fully saturated rings. The number of allylic oxidation sites excluding steroid dienone is 1. The van der Waals surface area contributed by atoms with Crippen molar-refractivity contribution < 1.29 is 14.4 Å². The Kier molecular flexibility index (Phi) is 8.21. The topological polar surface area (TPSA) is 84.6 Å². The second-order valence-corrected chi connectivity index (χ2v) is 11.6. The molecule has 5 nitrogen and oxygen atoms in total. The van der Waals surface area contributed by atoms with Gasteiger partial charge in [-0.2, -0.15) is 5.26 Å². The molecule has 0 bridgehead atoms. The molecule has 1 heterocycles. The van der Waals surface area contributed by atoms with E-state index >= 15 is 0 Å². The summed E-state index contributed by atoms with van der Waals surface area (Å²) in [5.41, 5.74) is 5.91. The van der Waals surface area contributed by atoms with Crippen LogP contribution < -0.4 is 4.90 Å². The van der Waals surface area contributed by atoms with E-state index in [1.165, 1.54) is 6.08 Å². The maximum Gasteiger partial charge on any atom is 0.366 e. The van der Waals surface area contributed by atoms with Crippen LogP contribution >= 0.6 is 18.9 Å². The lowest BCUT2D eigenvalue weighted by atomic mass is 10.1. The van der Waals surface area contributed by atoms with Crippen LogP contribution in [0.5, 0.6) is 0 Å². The summed E-state index contributed by atoms with van der Waals surface area (Å²) in [6.07, 6.45) is 5.40. The van der Waals surface area contributed by atoms with Crippen LogP contribution in [-0.4, -0.2) is 9.79 Å². The first kappa shape index (κ1) is 27.1. The zero-order chi connectivity index (χ0) is 28.0. The number of para-hydroxylation sites is 2. The fraction of sp³-hybridized carbons (Fsp3) is 0. The highest BCUT2D eigenvalue weighted by atomic mass is 32.1. The van der Waals surface area contributed by atoms with E-state index < -0.39 is 12.9 Å². The zero-order valence-corrected chi connectivity index (χ0v) is 23.0. The summed E-state index contributed by atoms with van der Waals surface area (Å²) in [6, 6.07) is 42.0. The van der Waals surface area contributed by atoms with Crippen LogP contribution in [0, 0.1) is 11.3 Å².